The normalized spacial score (nSPS) is 16.4. The molecular weight excluding hydrogens is 224 g/mol. The molecule has 0 unspecified atom stereocenters. The molecule has 1 heterocycles. The first kappa shape index (κ1) is 13.1. The van der Waals surface area contributed by atoms with Crippen molar-refractivity contribution in [1.82, 2.24) is 9.97 Å². The first-order valence-corrected chi connectivity index (χ1v) is 6.93. The lowest BCUT2D eigenvalue weighted by molar-refractivity contribution is 0.520. The molecule has 1 saturated carbocycles. The summed E-state index contributed by atoms with van der Waals surface area (Å²) in [4.78, 5) is 9.09. The van der Waals surface area contributed by atoms with Gasteiger partial charge in [-0.3, -0.25) is 0 Å². The Labute approximate surface area is 110 Å². The van der Waals surface area contributed by atoms with E-state index in [2.05, 4.69) is 41.4 Å². The number of aromatic nitrogens is 2. The summed E-state index contributed by atoms with van der Waals surface area (Å²) in [7, 11) is 1.91. The molecule has 0 amide bonds. The molecule has 1 aromatic heterocycles. The van der Waals surface area contributed by atoms with Crippen LogP contribution in [0, 0.1) is 12.3 Å². The number of hydrogen-bond acceptors (Lipinski definition) is 4. The fourth-order valence-electron chi connectivity index (χ4n) is 2.24. The Kier molecular flexibility index (Phi) is 3.73. The summed E-state index contributed by atoms with van der Waals surface area (Å²) in [5.74, 6) is 2.82. The third-order valence-corrected chi connectivity index (χ3v) is 4.08. The predicted octanol–water partition coefficient (Wildman–Crippen LogP) is 2.99. The molecule has 4 heteroatoms. The van der Waals surface area contributed by atoms with Gasteiger partial charge in [-0.1, -0.05) is 13.8 Å². The SMILES string of the molecule is CCc1nc(NC)c(C)c(NCC2(CC)CC2)n1. The lowest BCUT2D eigenvalue weighted by atomic mass is 10.0. The molecule has 0 aromatic carbocycles. The third kappa shape index (κ3) is 2.57. The van der Waals surface area contributed by atoms with Gasteiger partial charge in [0.1, 0.15) is 17.5 Å². The number of rotatable bonds is 6. The monoisotopic (exact) mass is 248 g/mol. The van der Waals surface area contributed by atoms with Gasteiger partial charge in [0.05, 0.1) is 0 Å². The van der Waals surface area contributed by atoms with E-state index in [-0.39, 0.29) is 0 Å². The summed E-state index contributed by atoms with van der Waals surface area (Å²) in [6, 6.07) is 0. The average molecular weight is 248 g/mol. The number of aryl methyl sites for hydroxylation is 1. The molecule has 1 fully saturated rings. The van der Waals surface area contributed by atoms with Gasteiger partial charge in [0.2, 0.25) is 0 Å². The van der Waals surface area contributed by atoms with Crippen LogP contribution in [0.3, 0.4) is 0 Å². The van der Waals surface area contributed by atoms with Crippen molar-refractivity contribution < 1.29 is 0 Å². The zero-order valence-electron chi connectivity index (χ0n) is 11.9. The van der Waals surface area contributed by atoms with Crippen molar-refractivity contribution in [3.8, 4) is 0 Å². The summed E-state index contributed by atoms with van der Waals surface area (Å²) < 4.78 is 0. The van der Waals surface area contributed by atoms with Gasteiger partial charge >= 0.3 is 0 Å². The van der Waals surface area contributed by atoms with Gasteiger partial charge in [-0.05, 0) is 31.6 Å². The van der Waals surface area contributed by atoms with E-state index in [4.69, 9.17) is 0 Å². The maximum atomic E-state index is 4.60. The number of nitrogens with zero attached hydrogens (tertiary/aromatic N) is 2. The molecule has 0 bridgehead atoms. The molecule has 2 N–H and O–H groups in total. The fourth-order valence-corrected chi connectivity index (χ4v) is 2.24. The Morgan fingerprint density at radius 1 is 1.17 bits per heavy atom. The molecule has 0 aliphatic heterocycles. The second-order valence-corrected chi connectivity index (χ2v) is 5.27. The Balaban J connectivity index is 2.15. The van der Waals surface area contributed by atoms with E-state index in [9.17, 15) is 0 Å². The highest BCUT2D eigenvalue weighted by Gasteiger charge is 2.40. The second kappa shape index (κ2) is 5.12. The van der Waals surface area contributed by atoms with E-state index >= 15 is 0 Å². The fraction of sp³-hybridized carbons (Fsp3) is 0.714. The maximum Gasteiger partial charge on any atom is 0.134 e. The summed E-state index contributed by atoms with van der Waals surface area (Å²) >= 11 is 0. The zero-order valence-corrected chi connectivity index (χ0v) is 11.9. The van der Waals surface area contributed by atoms with E-state index in [1.165, 1.54) is 19.3 Å². The van der Waals surface area contributed by atoms with Crippen molar-refractivity contribution in [3.63, 3.8) is 0 Å². The zero-order chi connectivity index (χ0) is 13.2. The van der Waals surface area contributed by atoms with Gasteiger partial charge in [0, 0.05) is 25.6 Å². The van der Waals surface area contributed by atoms with Gasteiger partial charge in [-0.15, -0.1) is 0 Å². The number of anilines is 2. The highest BCUT2D eigenvalue weighted by atomic mass is 15.1. The van der Waals surface area contributed by atoms with E-state index in [0.29, 0.717) is 5.41 Å². The summed E-state index contributed by atoms with van der Waals surface area (Å²) in [5, 5.41) is 6.67. The minimum atomic E-state index is 0.531. The number of nitrogens with one attached hydrogen (secondary N) is 2. The van der Waals surface area contributed by atoms with Gasteiger partial charge in [-0.25, -0.2) is 9.97 Å². The maximum absolute atomic E-state index is 4.60. The Hall–Kier alpha value is -1.32. The van der Waals surface area contributed by atoms with Crippen molar-refractivity contribution in [2.45, 2.75) is 46.5 Å². The smallest absolute Gasteiger partial charge is 0.134 e. The molecule has 1 aliphatic carbocycles. The van der Waals surface area contributed by atoms with Crippen LogP contribution in [0.1, 0.15) is 44.5 Å². The van der Waals surface area contributed by atoms with Crippen LogP contribution in [0.2, 0.25) is 0 Å². The molecule has 0 saturated heterocycles. The third-order valence-electron chi connectivity index (χ3n) is 4.08. The van der Waals surface area contributed by atoms with Crippen molar-refractivity contribution in [3.05, 3.63) is 11.4 Å². The number of hydrogen-bond donors (Lipinski definition) is 2. The van der Waals surface area contributed by atoms with Crippen molar-refractivity contribution in [2.24, 2.45) is 5.41 Å². The highest BCUT2D eigenvalue weighted by molar-refractivity contribution is 5.57. The molecule has 0 atom stereocenters. The van der Waals surface area contributed by atoms with Crippen LogP contribution in [0.25, 0.3) is 0 Å². The van der Waals surface area contributed by atoms with Crippen LogP contribution < -0.4 is 10.6 Å². The second-order valence-electron chi connectivity index (χ2n) is 5.27. The molecule has 4 nitrogen and oxygen atoms in total. The summed E-state index contributed by atoms with van der Waals surface area (Å²) in [6.45, 7) is 7.47. The van der Waals surface area contributed by atoms with Gasteiger partial charge in [0.15, 0.2) is 0 Å². The predicted molar refractivity (Wildman–Crippen MR) is 76.1 cm³/mol. The standard InChI is InChI=1S/C14H24N4/c1-5-11-17-12(15-4)10(3)13(18-11)16-9-14(6-2)7-8-14/h5-9H2,1-4H3,(H2,15,16,17,18). The van der Waals surface area contributed by atoms with Gasteiger partial charge < -0.3 is 10.6 Å². The minimum Gasteiger partial charge on any atom is -0.373 e. The van der Waals surface area contributed by atoms with E-state index in [0.717, 1.165) is 36.0 Å². The molecular formula is C14H24N4. The van der Waals surface area contributed by atoms with E-state index < -0.39 is 0 Å². The first-order valence-electron chi connectivity index (χ1n) is 6.93. The quantitative estimate of drug-likeness (QED) is 0.812. The van der Waals surface area contributed by atoms with Crippen molar-refractivity contribution in [1.29, 1.82) is 0 Å². The topological polar surface area (TPSA) is 49.8 Å². The van der Waals surface area contributed by atoms with Crippen LogP contribution in [-0.2, 0) is 6.42 Å². The molecule has 1 aromatic rings. The van der Waals surface area contributed by atoms with E-state index in [1.807, 2.05) is 7.05 Å². The lowest BCUT2D eigenvalue weighted by Crippen LogP contribution is -2.17. The molecule has 2 rings (SSSR count). The summed E-state index contributed by atoms with van der Waals surface area (Å²) in [5.41, 5.74) is 1.64. The molecule has 18 heavy (non-hydrogen) atoms. The highest BCUT2D eigenvalue weighted by Crippen LogP contribution is 2.48. The van der Waals surface area contributed by atoms with Crippen LogP contribution in [0.15, 0.2) is 0 Å². The van der Waals surface area contributed by atoms with Crippen molar-refractivity contribution >= 4 is 11.6 Å². The molecule has 0 spiro atoms. The van der Waals surface area contributed by atoms with Crippen LogP contribution in [0.5, 0.6) is 0 Å². The average Bonchev–Trinajstić information content (AvgIpc) is 3.18. The largest absolute Gasteiger partial charge is 0.373 e. The summed E-state index contributed by atoms with van der Waals surface area (Å²) in [6.07, 6.45) is 4.81. The Bertz CT molecular complexity index is 424. The van der Waals surface area contributed by atoms with Gasteiger partial charge in [0.25, 0.3) is 0 Å². The molecule has 1 aliphatic rings. The van der Waals surface area contributed by atoms with Crippen LogP contribution >= 0.6 is 0 Å². The van der Waals surface area contributed by atoms with E-state index in [1.54, 1.807) is 0 Å². The Morgan fingerprint density at radius 2 is 1.83 bits per heavy atom. The molecule has 0 radical (unpaired) electrons. The van der Waals surface area contributed by atoms with Crippen molar-refractivity contribution in [2.75, 3.05) is 24.2 Å². The lowest BCUT2D eigenvalue weighted by Gasteiger charge is -2.17. The van der Waals surface area contributed by atoms with Crippen LogP contribution in [-0.4, -0.2) is 23.6 Å². The Morgan fingerprint density at radius 3 is 2.33 bits per heavy atom. The first-order chi connectivity index (χ1) is 8.64. The minimum absolute atomic E-state index is 0.531. The van der Waals surface area contributed by atoms with Crippen LogP contribution in [0.4, 0.5) is 11.6 Å². The molecule has 100 valence electrons. The van der Waals surface area contributed by atoms with Gasteiger partial charge in [-0.2, -0.15) is 0 Å².